The average Bonchev–Trinajstić information content (AvgIpc) is 3.07. The Morgan fingerprint density at radius 1 is 1.17 bits per heavy atom. The van der Waals surface area contributed by atoms with E-state index in [2.05, 4.69) is 9.88 Å². The fourth-order valence-electron chi connectivity index (χ4n) is 3.43. The number of nitrogens with zero attached hydrogens (tertiary/aromatic N) is 4. The molecule has 1 fully saturated rings. The first-order valence-electron chi connectivity index (χ1n) is 9.98. The first-order valence-corrected chi connectivity index (χ1v) is 10.4. The van der Waals surface area contributed by atoms with Gasteiger partial charge in [0, 0.05) is 30.9 Å². The lowest BCUT2D eigenvalue weighted by Gasteiger charge is -2.27. The summed E-state index contributed by atoms with van der Waals surface area (Å²) in [5.41, 5.74) is 1.41. The minimum Gasteiger partial charge on any atom is -0.443 e. The molecule has 0 radical (unpaired) electrons. The van der Waals surface area contributed by atoms with Crippen molar-refractivity contribution in [3.05, 3.63) is 47.2 Å². The van der Waals surface area contributed by atoms with Crippen molar-refractivity contribution in [2.24, 2.45) is 0 Å². The normalized spacial score (nSPS) is 15.5. The summed E-state index contributed by atoms with van der Waals surface area (Å²) in [6.07, 6.45) is -0.477. The molecule has 1 aliphatic heterocycles. The van der Waals surface area contributed by atoms with Gasteiger partial charge in [-0.2, -0.15) is 0 Å². The summed E-state index contributed by atoms with van der Waals surface area (Å²) in [5, 5.41) is 0.940. The van der Waals surface area contributed by atoms with Gasteiger partial charge in [-0.25, -0.2) is 19.3 Å². The summed E-state index contributed by atoms with van der Waals surface area (Å²) < 4.78 is 12.6. The SMILES string of the molecule is CC(C)(C)OC(=O)n1c(CN2CCOCC2)cc2c(Cl)nc(-c3ccccc3)nc21. The molecule has 7 nitrogen and oxygen atoms in total. The molecule has 0 saturated carbocycles. The Kier molecular flexibility index (Phi) is 5.77. The highest BCUT2D eigenvalue weighted by Gasteiger charge is 2.26. The zero-order valence-electron chi connectivity index (χ0n) is 17.4. The number of carbonyl (C=O) groups excluding carboxylic acids is 1. The van der Waals surface area contributed by atoms with Crippen LogP contribution in [-0.2, 0) is 16.0 Å². The number of aromatic nitrogens is 3. The lowest BCUT2D eigenvalue weighted by molar-refractivity contribution is 0.0321. The van der Waals surface area contributed by atoms with Crippen molar-refractivity contribution < 1.29 is 14.3 Å². The molecule has 8 heteroatoms. The Morgan fingerprint density at radius 3 is 2.53 bits per heavy atom. The van der Waals surface area contributed by atoms with E-state index in [1.807, 2.05) is 57.2 Å². The molecule has 0 aliphatic carbocycles. The Hall–Kier alpha value is -2.48. The van der Waals surface area contributed by atoms with Crippen LogP contribution < -0.4 is 0 Å². The Morgan fingerprint density at radius 2 is 1.87 bits per heavy atom. The number of ether oxygens (including phenoxy) is 2. The smallest absolute Gasteiger partial charge is 0.420 e. The summed E-state index contributed by atoms with van der Waals surface area (Å²) in [6.45, 7) is 9.03. The number of carbonyl (C=O) groups is 1. The Balaban J connectivity index is 1.83. The summed E-state index contributed by atoms with van der Waals surface area (Å²) in [6, 6.07) is 11.4. The van der Waals surface area contributed by atoms with Gasteiger partial charge in [-0.1, -0.05) is 41.9 Å². The van der Waals surface area contributed by atoms with Gasteiger partial charge in [0.25, 0.3) is 0 Å². The van der Waals surface area contributed by atoms with Crippen LogP contribution in [0.2, 0.25) is 5.15 Å². The van der Waals surface area contributed by atoms with Crippen LogP contribution in [0.4, 0.5) is 4.79 Å². The van der Waals surface area contributed by atoms with Gasteiger partial charge in [0.2, 0.25) is 0 Å². The average molecular weight is 429 g/mol. The van der Waals surface area contributed by atoms with Crippen LogP contribution in [-0.4, -0.2) is 57.4 Å². The van der Waals surface area contributed by atoms with Gasteiger partial charge in [-0.15, -0.1) is 0 Å². The summed E-state index contributed by atoms with van der Waals surface area (Å²) in [7, 11) is 0. The van der Waals surface area contributed by atoms with Crippen LogP contribution in [0.25, 0.3) is 22.4 Å². The van der Waals surface area contributed by atoms with E-state index in [0.717, 1.165) is 24.3 Å². The molecular weight excluding hydrogens is 404 g/mol. The molecule has 158 valence electrons. The van der Waals surface area contributed by atoms with E-state index in [9.17, 15) is 4.79 Å². The molecule has 30 heavy (non-hydrogen) atoms. The summed E-state index contributed by atoms with van der Waals surface area (Å²) >= 11 is 6.53. The maximum Gasteiger partial charge on any atom is 0.420 e. The highest BCUT2D eigenvalue weighted by Crippen LogP contribution is 2.29. The molecule has 3 heterocycles. The number of fused-ring (bicyclic) bond motifs is 1. The number of halogens is 1. The Labute approximate surface area is 180 Å². The van der Waals surface area contributed by atoms with Crippen LogP contribution in [0.1, 0.15) is 26.5 Å². The van der Waals surface area contributed by atoms with Crippen molar-refractivity contribution in [3.8, 4) is 11.4 Å². The maximum absolute atomic E-state index is 13.2. The molecule has 0 spiro atoms. The van der Waals surface area contributed by atoms with Crippen molar-refractivity contribution >= 4 is 28.7 Å². The molecule has 0 bridgehead atoms. The summed E-state index contributed by atoms with van der Waals surface area (Å²) in [4.78, 5) is 24.5. The van der Waals surface area contributed by atoms with Crippen molar-refractivity contribution in [1.82, 2.24) is 19.4 Å². The van der Waals surface area contributed by atoms with Crippen LogP contribution in [0.15, 0.2) is 36.4 Å². The molecule has 4 rings (SSSR count). The van der Waals surface area contributed by atoms with E-state index < -0.39 is 11.7 Å². The molecule has 0 amide bonds. The third-order valence-electron chi connectivity index (χ3n) is 4.79. The van der Waals surface area contributed by atoms with E-state index in [0.29, 0.717) is 41.8 Å². The first-order chi connectivity index (χ1) is 14.3. The van der Waals surface area contributed by atoms with Gasteiger partial charge in [-0.05, 0) is 26.8 Å². The van der Waals surface area contributed by atoms with Crippen molar-refractivity contribution in [2.75, 3.05) is 26.3 Å². The second kappa shape index (κ2) is 8.34. The first kappa shape index (κ1) is 20.8. The fraction of sp³-hybridized carbons (Fsp3) is 0.409. The van der Waals surface area contributed by atoms with Crippen molar-refractivity contribution in [2.45, 2.75) is 32.9 Å². The minimum atomic E-state index is -0.636. The number of benzene rings is 1. The largest absolute Gasteiger partial charge is 0.443 e. The third kappa shape index (κ3) is 4.48. The molecule has 1 aromatic carbocycles. The van der Waals surface area contributed by atoms with Crippen molar-refractivity contribution in [3.63, 3.8) is 0 Å². The fourth-order valence-corrected chi connectivity index (χ4v) is 3.64. The monoisotopic (exact) mass is 428 g/mol. The lowest BCUT2D eigenvalue weighted by Crippen LogP contribution is -2.37. The van der Waals surface area contributed by atoms with Gasteiger partial charge >= 0.3 is 6.09 Å². The zero-order chi connectivity index (χ0) is 21.3. The van der Waals surface area contributed by atoms with Gasteiger partial charge in [0.15, 0.2) is 11.5 Å². The second-order valence-electron chi connectivity index (χ2n) is 8.28. The topological polar surface area (TPSA) is 69.5 Å². The lowest BCUT2D eigenvalue weighted by atomic mass is 10.2. The van der Waals surface area contributed by atoms with Gasteiger partial charge < -0.3 is 9.47 Å². The van der Waals surface area contributed by atoms with E-state index in [1.54, 1.807) is 0 Å². The standard InChI is InChI=1S/C22H25ClN4O3/c1-22(2,3)30-21(28)27-16(14-26-9-11-29-12-10-26)13-17-18(23)24-19(25-20(17)27)15-7-5-4-6-8-15/h4-8,13H,9-12,14H2,1-3H3. The van der Waals surface area contributed by atoms with Crippen LogP contribution in [0.5, 0.6) is 0 Å². The maximum atomic E-state index is 13.2. The molecule has 1 saturated heterocycles. The number of hydrogen-bond donors (Lipinski definition) is 0. The summed E-state index contributed by atoms with van der Waals surface area (Å²) in [5.74, 6) is 0.467. The zero-order valence-corrected chi connectivity index (χ0v) is 18.1. The van der Waals surface area contributed by atoms with Crippen LogP contribution in [0.3, 0.4) is 0 Å². The molecule has 3 aromatic rings. The predicted molar refractivity (Wildman–Crippen MR) is 116 cm³/mol. The van der Waals surface area contributed by atoms with E-state index >= 15 is 0 Å². The molecular formula is C22H25ClN4O3. The molecule has 0 atom stereocenters. The molecule has 0 N–H and O–H groups in total. The van der Waals surface area contributed by atoms with Gasteiger partial charge in [0.1, 0.15) is 10.8 Å². The van der Waals surface area contributed by atoms with Crippen molar-refractivity contribution in [1.29, 1.82) is 0 Å². The van der Waals surface area contributed by atoms with Crippen LogP contribution in [0, 0.1) is 0 Å². The molecule has 1 aliphatic rings. The predicted octanol–water partition coefficient (Wildman–Crippen LogP) is 4.37. The number of rotatable bonds is 3. The van der Waals surface area contributed by atoms with Gasteiger partial charge in [0.05, 0.1) is 18.6 Å². The second-order valence-corrected chi connectivity index (χ2v) is 8.64. The minimum absolute atomic E-state index is 0.310. The molecule has 0 unspecified atom stereocenters. The van der Waals surface area contributed by atoms with E-state index in [4.69, 9.17) is 26.1 Å². The number of morpholine rings is 1. The van der Waals surface area contributed by atoms with E-state index in [-0.39, 0.29) is 0 Å². The third-order valence-corrected chi connectivity index (χ3v) is 5.07. The highest BCUT2D eigenvalue weighted by atomic mass is 35.5. The van der Waals surface area contributed by atoms with Crippen LogP contribution >= 0.6 is 11.6 Å². The Bertz CT molecular complexity index is 1050. The van der Waals surface area contributed by atoms with Gasteiger partial charge in [-0.3, -0.25) is 4.90 Å². The highest BCUT2D eigenvalue weighted by molar-refractivity contribution is 6.34. The number of hydrogen-bond acceptors (Lipinski definition) is 6. The quantitative estimate of drug-likeness (QED) is 0.577. The molecule has 2 aromatic heterocycles. The van der Waals surface area contributed by atoms with E-state index in [1.165, 1.54) is 4.57 Å².